The molecule has 0 heterocycles. The van der Waals surface area contributed by atoms with Crippen molar-refractivity contribution in [3.05, 3.63) is 60.2 Å². The van der Waals surface area contributed by atoms with Gasteiger partial charge < -0.3 is 14.6 Å². The van der Waals surface area contributed by atoms with Gasteiger partial charge in [-0.1, -0.05) is 69.7 Å². The number of nitrogens with zero attached hydrogens (tertiary/aromatic N) is 1. The van der Waals surface area contributed by atoms with Gasteiger partial charge in [-0.25, -0.2) is 0 Å². The molecule has 1 aliphatic rings. The zero-order valence-electron chi connectivity index (χ0n) is 18.5. The molecule has 0 bridgehead atoms. The van der Waals surface area contributed by atoms with E-state index in [4.69, 9.17) is 0 Å². The lowest BCUT2D eigenvalue weighted by Gasteiger charge is -2.43. The molecular weight excluding hydrogens is 377 g/mol. The van der Waals surface area contributed by atoms with E-state index in [1.807, 2.05) is 73.6 Å². The number of rotatable bonds is 6. The van der Waals surface area contributed by atoms with Crippen molar-refractivity contribution in [1.29, 1.82) is 0 Å². The van der Waals surface area contributed by atoms with Gasteiger partial charge in [-0.15, -0.1) is 0 Å². The summed E-state index contributed by atoms with van der Waals surface area (Å²) < 4.78 is 14.9. The highest BCUT2D eigenvalue weighted by Crippen LogP contribution is 2.66. The van der Waals surface area contributed by atoms with Crippen LogP contribution in [0, 0.1) is 17.8 Å². The van der Waals surface area contributed by atoms with Crippen molar-refractivity contribution in [3.63, 3.8) is 0 Å². The molecule has 0 aliphatic heterocycles. The molecule has 0 amide bonds. The van der Waals surface area contributed by atoms with E-state index in [0.717, 1.165) is 29.4 Å². The molecule has 2 aromatic carbocycles. The van der Waals surface area contributed by atoms with Crippen molar-refractivity contribution >= 4 is 18.1 Å². The summed E-state index contributed by atoms with van der Waals surface area (Å²) in [7, 11) is 0.890. The van der Waals surface area contributed by atoms with Gasteiger partial charge >= 0.3 is 0 Å². The summed E-state index contributed by atoms with van der Waals surface area (Å²) >= 11 is 0. The average molecular weight is 414 g/mol. The fraction of sp³-hybridized carbons (Fsp3) is 0.520. The minimum absolute atomic E-state index is 0.0113. The van der Waals surface area contributed by atoms with Crippen molar-refractivity contribution in [1.82, 2.24) is 0 Å². The molecule has 158 valence electrons. The van der Waals surface area contributed by atoms with Crippen molar-refractivity contribution in [2.24, 2.45) is 17.8 Å². The standard InChI is InChI=1S/C25H36NO2P/c1-18(2)23-16-11-19(3)17-24(23)29(28,22-9-7-6-8-10-22)25(27)20-12-14-21(15-13-20)26(4)5/h6-10,12-15,18-19,23-25,27H,11,16-17H2,1-5H3/t19-,23+,24-,25+,29?/m1/s1. The summed E-state index contributed by atoms with van der Waals surface area (Å²) in [6.45, 7) is 6.74. The minimum Gasteiger partial charge on any atom is -0.380 e. The predicted molar refractivity (Wildman–Crippen MR) is 125 cm³/mol. The van der Waals surface area contributed by atoms with Crippen LogP contribution in [0.5, 0.6) is 0 Å². The summed E-state index contributed by atoms with van der Waals surface area (Å²) in [5.41, 5.74) is 1.84. The summed E-state index contributed by atoms with van der Waals surface area (Å²) in [4.78, 5) is 2.03. The Balaban J connectivity index is 2.09. The monoisotopic (exact) mass is 413 g/mol. The molecule has 0 radical (unpaired) electrons. The van der Waals surface area contributed by atoms with Crippen LogP contribution in [0.1, 0.15) is 51.4 Å². The lowest BCUT2D eigenvalue weighted by atomic mass is 9.77. The smallest absolute Gasteiger partial charge is 0.150 e. The molecule has 1 aliphatic carbocycles. The topological polar surface area (TPSA) is 40.5 Å². The molecule has 0 aromatic heterocycles. The number of hydrogen-bond donors (Lipinski definition) is 1. The first-order valence-corrected chi connectivity index (χ1v) is 12.7. The van der Waals surface area contributed by atoms with E-state index in [-0.39, 0.29) is 5.66 Å². The molecule has 2 aromatic rings. The van der Waals surface area contributed by atoms with Gasteiger partial charge in [-0.3, -0.25) is 0 Å². The maximum atomic E-state index is 14.9. The van der Waals surface area contributed by atoms with E-state index in [1.165, 1.54) is 6.42 Å². The van der Waals surface area contributed by atoms with Crippen LogP contribution in [0.3, 0.4) is 0 Å². The van der Waals surface area contributed by atoms with Gasteiger partial charge in [0.05, 0.1) is 0 Å². The second kappa shape index (κ2) is 9.06. The van der Waals surface area contributed by atoms with E-state index < -0.39 is 13.0 Å². The first kappa shape index (κ1) is 22.1. The third-order valence-electron chi connectivity index (χ3n) is 6.71. The fourth-order valence-electron chi connectivity index (χ4n) is 4.93. The maximum Gasteiger partial charge on any atom is 0.150 e. The molecule has 1 saturated carbocycles. The van der Waals surface area contributed by atoms with Crippen LogP contribution in [0.25, 0.3) is 0 Å². The van der Waals surface area contributed by atoms with E-state index in [2.05, 4.69) is 20.8 Å². The van der Waals surface area contributed by atoms with E-state index in [0.29, 0.717) is 17.8 Å². The number of anilines is 1. The van der Waals surface area contributed by atoms with E-state index in [1.54, 1.807) is 0 Å². The van der Waals surface area contributed by atoms with Crippen molar-refractivity contribution in [2.75, 3.05) is 19.0 Å². The first-order valence-electron chi connectivity index (χ1n) is 10.9. The third kappa shape index (κ3) is 4.47. The Morgan fingerprint density at radius 2 is 1.62 bits per heavy atom. The Kier molecular flexibility index (Phi) is 6.91. The van der Waals surface area contributed by atoms with Gasteiger partial charge in [0, 0.05) is 30.7 Å². The number of aliphatic hydroxyl groups is 1. The largest absolute Gasteiger partial charge is 0.380 e. The van der Waals surface area contributed by atoms with Crippen LogP contribution in [0.4, 0.5) is 5.69 Å². The van der Waals surface area contributed by atoms with Gasteiger partial charge in [0.25, 0.3) is 0 Å². The lowest BCUT2D eigenvalue weighted by Crippen LogP contribution is -2.36. The molecule has 3 rings (SSSR count). The Morgan fingerprint density at radius 1 is 1.00 bits per heavy atom. The SMILES string of the molecule is CC(C)[C@@H]1CC[C@@H](C)C[C@H]1P(=O)(c1ccccc1)[C@H](O)c1ccc(N(C)C)cc1. The predicted octanol–water partition coefficient (Wildman–Crippen LogP) is 5.89. The van der Waals surface area contributed by atoms with E-state index >= 15 is 0 Å². The Bertz CT molecular complexity index is 832. The highest BCUT2D eigenvalue weighted by atomic mass is 31.2. The van der Waals surface area contributed by atoms with Crippen LogP contribution in [-0.2, 0) is 4.57 Å². The van der Waals surface area contributed by atoms with Crippen LogP contribution >= 0.6 is 7.14 Å². The van der Waals surface area contributed by atoms with Crippen LogP contribution in [0.15, 0.2) is 54.6 Å². The Labute approximate surface area is 176 Å². The van der Waals surface area contributed by atoms with Gasteiger partial charge in [0.2, 0.25) is 0 Å². The second-order valence-electron chi connectivity index (χ2n) is 9.30. The maximum absolute atomic E-state index is 14.9. The van der Waals surface area contributed by atoms with Crippen molar-refractivity contribution < 1.29 is 9.67 Å². The van der Waals surface area contributed by atoms with Crippen molar-refractivity contribution in [3.8, 4) is 0 Å². The van der Waals surface area contributed by atoms with Crippen LogP contribution in [-0.4, -0.2) is 24.9 Å². The summed E-state index contributed by atoms with van der Waals surface area (Å²) in [6.07, 6.45) is 3.19. The molecule has 5 atom stereocenters. The van der Waals surface area contributed by atoms with Gasteiger partial charge in [-0.05, 0) is 48.3 Å². The summed E-state index contributed by atoms with van der Waals surface area (Å²) in [6, 6.07) is 17.6. The van der Waals surface area contributed by atoms with Crippen LogP contribution in [0.2, 0.25) is 0 Å². The molecule has 4 heteroatoms. The summed E-state index contributed by atoms with van der Waals surface area (Å²) in [5.74, 6) is 0.383. The molecule has 0 spiro atoms. The van der Waals surface area contributed by atoms with Gasteiger partial charge in [0.1, 0.15) is 13.0 Å². The Morgan fingerprint density at radius 3 is 2.17 bits per heavy atom. The second-order valence-corrected chi connectivity index (χ2v) is 12.4. The molecule has 1 unspecified atom stereocenters. The zero-order valence-corrected chi connectivity index (χ0v) is 19.3. The van der Waals surface area contributed by atoms with Crippen molar-refractivity contribution in [2.45, 2.75) is 51.5 Å². The first-order chi connectivity index (χ1) is 13.7. The van der Waals surface area contributed by atoms with Gasteiger partial charge in [-0.2, -0.15) is 0 Å². The van der Waals surface area contributed by atoms with Crippen LogP contribution < -0.4 is 10.2 Å². The zero-order chi connectivity index (χ0) is 21.2. The minimum atomic E-state index is -3.10. The molecule has 1 N–H and O–H groups in total. The molecule has 1 fully saturated rings. The highest BCUT2D eigenvalue weighted by Gasteiger charge is 2.48. The fourth-order valence-corrected chi connectivity index (χ4v) is 8.95. The lowest BCUT2D eigenvalue weighted by molar-refractivity contribution is 0.215. The Hall–Kier alpha value is -1.57. The number of benzene rings is 2. The van der Waals surface area contributed by atoms with E-state index in [9.17, 15) is 9.67 Å². The average Bonchev–Trinajstić information content (AvgIpc) is 2.73. The highest BCUT2D eigenvalue weighted by molar-refractivity contribution is 7.72. The molecule has 29 heavy (non-hydrogen) atoms. The number of hydrogen-bond acceptors (Lipinski definition) is 3. The third-order valence-corrected chi connectivity index (χ3v) is 10.4. The molecule has 3 nitrogen and oxygen atoms in total. The quantitative estimate of drug-likeness (QED) is 0.600. The number of aliphatic hydroxyl groups excluding tert-OH is 1. The molecular formula is C25H36NO2P. The molecule has 0 saturated heterocycles. The normalized spacial score (nSPS) is 25.4. The van der Waals surface area contributed by atoms with Gasteiger partial charge in [0.15, 0.2) is 0 Å². The summed E-state index contributed by atoms with van der Waals surface area (Å²) in [5, 5.41) is 12.4.